The van der Waals surface area contributed by atoms with E-state index in [4.69, 9.17) is 0 Å². The van der Waals surface area contributed by atoms with Crippen LogP contribution in [-0.2, 0) is 20.2 Å². The molecule has 3 rings (SSSR count). The van der Waals surface area contributed by atoms with Crippen LogP contribution in [0, 0.1) is 0 Å². The summed E-state index contributed by atoms with van der Waals surface area (Å²) < 4.78 is 25.1. The number of amides is 1. The van der Waals surface area contributed by atoms with Gasteiger partial charge in [-0.05, 0) is 24.5 Å². The summed E-state index contributed by atoms with van der Waals surface area (Å²) in [5, 5.41) is 0. The normalized spacial score (nSPS) is 19.9. The number of nitrogens with zero attached hydrogens (tertiary/aromatic N) is 2. The molecule has 0 saturated heterocycles. The molecule has 1 saturated carbocycles. The molecule has 0 radical (unpaired) electrons. The summed E-state index contributed by atoms with van der Waals surface area (Å²) >= 11 is 0. The zero-order valence-corrected chi connectivity index (χ0v) is 13.9. The van der Waals surface area contributed by atoms with Gasteiger partial charge in [0.15, 0.2) is 0 Å². The van der Waals surface area contributed by atoms with Crippen molar-refractivity contribution in [2.75, 3.05) is 31.3 Å². The molecule has 0 atom stereocenters. The molecular weight excluding hydrogens is 300 g/mol. The summed E-state index contributed by atoms with van der Waals surface area (Å²) in [7, 11) is -0.616. The first-order valence-electron chi connectivity index (χ1n) is 7.66. The topological polar surface area (TPSA) is 57.7 Å². The fourth-order valence-corrected chi connectivity index (χ4v) is 4.42. The Balaban J connectivity index is 1.92. The van der Waals surface area contributed by atoms with Gasteiger partial charge in [-0.15, -0.1) is 0 Å². The van der Waals surface area contributed by atoms with Crippen molar-refractivity contribution in [3.05, 3.63) is 29.8 Å². The van der Waals surface area contributed by atoms with Crippen LogP contribution >= 0.6 is 0 Å². The van der Waals surface area contributed by atoms with E-state index in [1.54, 1.807) is 4.90 Å². The molecule has 1 aliphatic carbocycles. The molecule has 0 unspecified atom stereocenters. The first-order chi connectivity index (χ1) is 10.4. The molecule has 2 aliphatic rings. The van der Waals surface area contributed by atoms with Gasteiger partial charge < -0.3 is 4.90 Å². The lowest BCUT2D eigenvalue weighted by molar-refractivity contribution is -0.116. The van der Waals surface area contributed by atoms with E-state index in [1.807, 2.05) is 18.2 Å². The number of carbonyl (C=O) groups excluding carboxylic acids is 1. The highest BCUT2D eigenvalue weighted by Gasteiger charge is 2.46. The van der Waals surface area contributed by atoms with Crippen molar-refractivity contribution in [2.45, 2.75) is 31.1 Å². The Morgan fingerprint density at radius 3 is 2.50 bits per heavy atom. The van der Waals surface area contributed by atoms with Gasteiger partial charge in [-0.25, -0.2) is 12.7 Å². The SMILES string of the molecule is CN(C)S(=O)(=O)CC(=O)N1CC2(CCCC2)c2ccccc21. The Hall–Kier alpha value is -1.40. The molecule has 5 nitrogen and oxygen atoms in total. The molecule has 1 aliphatic heterocycles. The minimum absolute atomic E-state index is 0.0358. The van der Waals surface area contributed by atoms with Gasteiger partial charge in [0.25, 0.3) is 0 Å². The number of fused-ring (bicyclic) bond motifs is 2. The Bertz CT molecular complexity index is 691. The van der Waals surface area contributed by atoms with Gasteiger partial charge in [-0.1, -0.05) is 31.0 Å². The van der Waals surface area contributed by atoms with Crippen LogP contribution in [0.15, 0.2) is 24.3 Å². The highest BCUT2D eigenvalue weighted by molar-refractivity contribution is 7.89. The van der Waals surface area contributed by atoms with Crippen LogP contribution < -0.4 is 4.90 Å². The smallest absolute Gasteiger partial charge is 0.243 e. The first-order valence-corrected chi connectivity index (χ1v) is 9.27. The Labute approximate surface area is 132 Å². The molecule has 0 aromatic heterocycles. The minimum atomic E-state index is -3.53. The maximum atomic E-state index is 12.6. The molecule has 1 aromatic rings. The Morgan fingerprint density at radius 1 is 1.23 bits per heavy atom. The van der Waals surface area contributed by atoms with Gasteiger partial charge in [-0.2, -0.15) is 0 Å². The predicted molar refractivity (Wildman–Crippen MR) is 86.4 cm³/mol. The van der Waals surface area contributed by atoms with Gasteiger partial charge in [0.05, 0.1) is 0 Å². The number of rotatable bonds is 3. The highest BCUT2D eigenvalue weighted by atomic mass is 32.2. The van der Waals surface area contributed by atoms with Crippen molar-refractivity contribution < 1.29 is 13.2 Å². The molecule has 1 aromatic carbocycles. The number of benzene rings is 1. The zero-order valence-electron chi connectivity index (χ0n) is 13.1. The largest absolute Gasteiger partial charge is 0.310 e. The number of carbonyl (C=O) groups is 1. The summed E-state index contributed by atoms with van der Waals surface area (Å²) in [5.74, 6) is -0.797. The van der Waals surface area contributed by atoms with Crippen molar-refractivity contribution in [2.24, 2.45) is 0 Å². The third kappa shape index (κ3) is 2.44. The van der Waals surface area contributed by atoms with Crippen molar-refractivity contribution in [3.63, 3.8) is 0 Å². The number of para-hydroxylation sites is 1. The first kappa shape index (κ1) is 15.5. The van der Waals surface area contributed by atoms with Gasteiger partial charge in [0, 0.05) is 31.7 Å². The molecule has 1 fully saturated rings. The van der Waals surface area contributed by atoms with Crippen molar-refractivity contribution in [1.82, 2.24) is 4.31 Å². The van der Waals surface area contributed by atoms with E-state index in [0.717, 1.165) is 22.8 Å². The minimum Gasteiger partial charge on any atom is -0.310 e. The van der Waals surface area contributed by atoms with Crippen molar-refractivity contribution in [3.8, 4) is 0 Å². The second kappa shape index (κ2) is 5.35. The average Bonchev–Trinajstić information content (AvgIpc) is 3.06. The number of anilines is 1. The molecular formula is C16H22N2O3S. The highest BCUT2D eigenvalue weighted by Crippen LogP contribution is 2.50. The predicted octanol–water partition coefficient (Wildman–Crippen LogP) is 1.74. The van der Waals surface area contributed by atoms with Crippen LogP contribution in [0.25, 0.3) is 0 Å². The molecule has 6 heteroatoms. The average molecular weight is 322 g/mol. The van der Waals surface area contributed by atoms with E-state index in [9.17, 15) is 13.2 Å². The lowest BCUT2D eigenvalue weighted by atomic mass is 9.81. The van der Waals surface area contributed by atoms with E-state index >= 15 is 0 Å². The molecule has 1 amide bonds. The van der Waals surface area contributed by atoms with Crippen molar-refractivity contribution in [1.29, 1.82) is 0 Å². The maximum absolute atomic E-state index is 12.6. The molecule has 0 N–H and O–H groups in total. The lowest BCUT2D eigenvalue weighted by Gasteiger charge is -2.25. The van der Waals surface area contributed by atoms with Crippen LogP contribution in [0.4, 0.5) is 5.69 Å². The second-order valence-electron chi connectivity index (χ2n) is 6.52. The molecule has 22 heavy (non-hydrogen) atoms. The fourth-order valence-electron chi connectivity index (χ4n) is 3.70. The number of hydrogen-bond acceptors (Lipinski definition) is 3. The molecule has 1 heterocycles. The standard InChI is InChI=1S/C16H22N2O3S/c1-17(2)22(20,21)11-15(19)18-12-16(9-5-6-10-16)13-7-3-4-8-14(13)18/h3-4,7-8H,5-6,9-12H2,1-2H3. The molecule has 1 spiro atoms. The van der Waals surface area contributed by atoms with Crippen LogP contribution in [0.3, 0.4) is 0 Å². The van der Waals surface area contributed by atoms with Gasteiger partial charge in [-0.3, -0.25) is 4.79 Å². The van der Waals surface area contributed by atoms with E-state index in [2.05, 4.69) is 6.07 Å². The second-order valence-corrected chi connectivity index (χ2v) is 8.71. The Morgan fingerprint density at radius 2 is 1.86 bits per heavy atom. The summed E-state index contributed by atoms with van der Waals surface area (Å²) in [6.07, 6.45) is 4.50. The molecule has 120 valence electrons. The van der Waals surface area contributed by atoms with Crippen LogP contribution in [0.2, 0.25) is 0 Å². The zero-order chi connectivity index (χ0) is 16.0. The number of sulfonamides is 1. The summed E-state index contributed by atoms with van der Waals surface area (Å²) in [4.78, 5) is 14.3. The van der Waals surface area contributed by atoms with Crippen LogP contribution in [0.1, 0.15) is 31.2 Å². The third-order valence-electron chi connectivity index (χ3n) is 4.95. The van der Waals surface area contributed by atoms with Crippen LogP contribution in [-0.4, -0.2) is 45.0 Å². The van der Waals surface area contributed by atoms with Gasteiger partial charge >= 0.3 is 0 Å². The fraction of sp³-hybridized carbons (Fsp3) is 0.562. The summed E-state index contributed by atoms with van der Waals surface area (Å²) in [6.45, 7) is 0.619. The third-order valence-corrected chi connectivity index (χ3v) is 6.68. The van der Waals surface area contributed by atoms with E-state index in [1.165, 1.54) is 32.5 Å². The van der Waals surface area contributed by atoms with Gasteiger partial charge in [0.2, 0.25) is 15.9 Å². The summed E-state index contributed by atoms with van der Waals surface area (Å²) in [6, 6.07) is 7.94. The Kier molecular flexibility index (Phi) is 3.77. The van der Waals surface area contributed by atoms with Crippen molar-refractivity contribution >= 4 is 21.6 Å². The van der Waals surface area contributed by atoms with E-state index in [0.29, 0.717) is 6.54 Å². The van der Waals surface area contributed by atoms with E-state index < -0.39 is 15.8 Å². The van der Waals surface area contributed by atoms with Gasteiger partial charge in [0.1, 0.15) is 5.75 Å². The summed E-state index contributed by atoms with van der Waals surface area (Å²) in [5.41, 5.74) is 2.14. The quantitative estimate of drug-likeness (QED) is 0.852. The van der Waals surface area contributed by atoms with Crippen LogP contribution in [0.5, 0.6) is 0 Å². The molecule has 0 bridgehead atoms. The van der Waals surface area contributed by atoms with E-state index in [-0.39, 0.29) is 11.3 Å². The number of hydrogen-bond donors (Lipinski definition) is 0. The maximum Gasteiger partial charge on any atom is 0.243 e. The lowest BCUT2D eigenvalue weighted by Crippen LogP contribution is -2.41. The monoisotopic (exact) mass is 322 g/mol.